The SMILES string of the molecule is c1ccc(N(c2cccc3c2-c2ccccc2C32c3ccccc3-c3ccccc32)c2cccc3sc4ccccc4c23)cc1. The highest BCUT2D eigenvalue weighted by molar-refractivity contribution is 7.26. The maximum atomic E-state index is 2.50. The molecule has 2 aliphatic carbocycles. The summed E-state index contributed by atoms with van der Waals surface area (Å²) < 4.78 is 2.62. The second-order valence-corrected chi connectivity index (χ2v) is 13.1. The van der Waals surface area contributed by atoms with Gasteiger partial charge in [-0.1, -0.05) is 127 Å². The molecular formula is C43H27NS. The lowest BCUT2D eigenvalue weighted by Crippen LogP contribution is -2.26. The molecule has 2 heteroatoms. The van der Waals surface area contributed by atoms with Crippen molar-refractivity contribution in [3.05, 3.63) is 186 Å². The topological polar surface area (TPSA) is 3.24 Å². The van der Waals surface area contributed by atoms with Crippen LogP contribution in [0.4, 0.5) is 17.1 Å². The maximum absolute atomic E-state index is 2.50. The molecule has 0 aliphatic heterocycles. The van der Waals surface area contributed by atoms with Crippen LogP contribution in [0.1, 0.15) is 22.3 Å². The van der Waals surface area contributed by atoms with E-state index in [0.717, 1.165) is 5.69 Å². The Morgan fingerprint density at radius 3 is 1.69 bits per heavy atom. The first kappa shape index (κ1) is 24.9. The van der Waals surface area contributed by atoms with Crippen molar-refractivity contribution < 1.29 is 0 Å². The van der Waals surface area contributed by atoms with Crippen molar-refractivity contribution in [1.82, 2.24) is 0 Å². The summed E-state index contributed by atoms with van der Waals surface area (Å²) in [7, 11) is 0. The standard InChI is InChI=1S/C43H27NS/c1-2-14-28(15-3-1)44(38-25-13-27-40-42(38)32-19-7-11-26-39(32)45-40)37-24-12-23-36-41(37)31-18-6-10-22-35(31)43(36)33-20-8-4-16-29(33)30-17-5-9-21-34(30)43/h1-27H. The van der Waals surface area contributed by atoms with Gasteiger partial charge in [0.1, 0.15) is 0 Å². The van der Waals surface area contributed by atoms with Crippen LogP contribution in [-0.4, -0.2) is 0 Å². The predicted molar refractivity (Wildman–Crippen MR) is 190 cm³/mol. The number of rotatable bonds is 3. The first-order valence-corrected chi connectivity index (χ1v) is 16.4. The minimum atomic E-state index is -0.376. The van der Waals surface area contributed by atoms with Crippen LogP contribution in [0.5, 0.6) is 0 Å². The summed E-state index contributed by atoms with van der Waals surface area (Å²) >= 11 is 1.87. The van der Waals surface area contributed by atoms with Crippen molar-refractivity contribution in [2.75, 3.05) is 4.90 Å². The van der Waals surface area contributed by atoms with Gasteiger partial charge in [0, 0.05) is 31.4 Å². The summed E-state index contributed by atoms with van der Waals surface area (Å²) in [6.07, 6.45) is 0. The number of hydrogen-bond acceptors (Lipinski definition) is 2. The van der Waals surface area contributed by atoms with Crippen molar-refractivity contribution in [3.63, 3.8) is 0 Å². The summed E-state index contributed by atoms with van der Waals surface area (Å²) in [5.74, 6) is 0. The van der Waals surface area contributed by atoms with Gasteiger partial charge >= 0.3 is 0 Å². The maximum Gasteiger partial charge on any atom is 0.0726 e. The van der Waals surface area contributed by atoms with Crippen LogP contribution in [0.3, 0.4) is 0 Å². The lowest BCUT2D eigenvalue weighted by molar-refractivity contribution is 0.794. The van der Waals surface area contributed by atoms with Crippen LogP contribution in [0.25, 0.3) is 42.4 Å². The molecule has 0 saturated carbocycles. The number of hydrogen-bond donors (Lipinski definition) is 0. The van der Waals surface area contributed by atoms with E-state index in [0.29, 0.717) is 0 Å². The molecule has 10 rings (SSSR count). The van der Waals surface area contributed by atoms with Gasteiger partial charge in [0.25, 0.3) is 0 Å². The van der Waals surface area contributed by atoms with E-state index in [9.17, 15) is 0 Å². The summed E-state index contributed by atoms with van der Waals surface area (Å²) in [5.41, 5.74) is 13.9. The second kappa shape index (κ2) is 9.28. The van der Waals surface area contributed by atoms with Gasteiger partial charge in [0.15, 0.2) is 0 Å². The molecule has 7 aromatic carbocycles. The van der Waals surface area contributed by atoms with Gasteiger partial charge in [-0.25, -0.2) is 0 Å². The van der Waals surface area contributed by atoms with Gasteiger partial charge in [0.2, 0.25) is 0 Å². The molecule has 1 spiro atoms. The molecule has 0 N–H and O–H groups in total. The average molecular weight is 590 g/mol. The second-order valence-electron chi connectivity index (χ2n) is 12.0. The molecule has 0 radical (unpaired) electrons. The Bertz CT molecular complexity index is 2410. The van der Waals surface area contributed by atoms with E-state index in [-0.39, 0.29) is 5.41 Å². The van der Waals surface area contributed by atoms with E-state index < -0.39 is 0 Å². The molecule has 0 amide bonds. The molecule has 0 fully saturated rings. The van der Waals surface area contributed by atoms with E-state index in [2.05, 4.69) is 169 Å². The Morgan fingerprint density at radius 1 is 0.400 bits per heavy atom. The number of anilines is 3. The smallest absolute Gasteiger partial charge is 0.0726 e. The normalized spacial score (nSPS) is 13.5. The van der Waals surface area contributed by atoms with Crippen LogP contribution in [0.15, 0.2) is 164 Å². The van der Waals surface area contributed by atoms with Crippen LogP contribution < -0.4 is 4.90 Å². The minimum absolute atomic E-state index is 0.376. The number of thiophene rings is 1. The fourth-order valence-corrected chi connectivity index (χ4v) is 9.36. The molecule has 0 bridgehead atoms. The minimum Gasteiger partial charge on any atom is -0.309 e. The molecule has 1 aromatic heterocycles. The third kappa shape index (κ3) is 3.22. The zero-order valence-electron chi connectivity index (χ0n) is 24.4. The first-order chi connectivity index (χ1) is 22.4. The largest absolute Gasteiger partial charge is 0.309 e. The highest BCUT2D eigenvalue weighted by atomic mass is 32.1. The molecule has 0 atom stereocenters. The van der Waals surface area contributed by atoms with Gasteiger partial charge in [-0.05, 0) is 75.3 Å². The van der Waals surface area contributed by atoms with Gasteiger partial charge in [-0.15, -0.1) is 11.3 Å². The van der Waals surface area contributed by atoms with Gasteiger partial charge in [-0.3, -0.25) is 0 Å². The Labute approximate surface area is 266 Å². The molecule has 1 nitrogen and oxygen atoms in total. The van der Waals surface area contributed by atoms with Crippen LogP contribution in [-0.2, 0) is 5.41 Å². The van der Waals surface area contributed by atoms with E-state index in [4.69, 9.17) is 0 Å². The van der Waals surface area contributed by atoms with Gasteiger partial charge in [-0.2, -0.15) is 0 Å². The monoisotopic (exact) mass is 589 g/mol. The Hall–Kier alpha value is -5.44. The number of nitrogens with zero attached hydrogens (tertiary/aromatic N) is 1. The molecule has 2 aliphatic rings. The highest BCUT2D eigenvalue weighted by Gasteiger charge is 2.52. The summed E-state index contributed by atoms with van der Waals surface area (Å²) in [4.78, 5) is 2.50. The zero-order valence-corrected chi connectivity index (χ0v) is 25.3. The molecule has 45 heavy (non-hydrogen) atoms. The molecule has 210 valence electrons. The quantitative estimate of drug-likeness (QED) is 0.198. The number of para-hydroxylation sites is 1. The Balaban J connectivity index is 1.34. The van der Waals surface area contributed by atoms with Crippen LogP contribution >= 0.6 is 11.3 Å². The zero-order chi connectivity index (χ0) is 29.5. The lowest BCUT2D eigenvalue weighted by atomic mass is 9.70. The van der Waals surface area contributed by atoms with Crippen molar-refractivity contribution in [1.29, 1.82) is 0 Å². The number of fused-ring (bicyclic) bond motifs is 13. The van der Waals surface area contributed by atoms with E-state index in [1.165, 1.54) is 76.1 Å². The Kier molecular flexibility index (Phi) is 5.14. The summed E-state index contributed by atoms with van der Waals surface area (Å²) in [5, 5.41) is 2.61. The van der Waals surface area contributed by atoms with Crippen LogP contribution in [0, 0.1) is 0 Å². The third-order valence-electron chi connectivity index (χ3n) is 9.88. The van der Waals surface area contributed by atoms with Crippen molar-refractivity contribution in [2.45, 2.75) is 5.41 Å². The van der Waals surface area contributed by atoms with E-state index >= 15 is 0 Å². The van der Waals surface area contributed by atoms with Crippen molar-refractivity contribution in [2.24, 2.45) is 0 Å². The molecule has 1 heterocycles. The summed E-state index contributed by atoms with van der Waals surface area (Å²) in [6, 6.07) is 60.6. The molecule has 0 unspecified atom stereocenters. The van der Waals surface area contributed by atoms with Crippen molar-refractivity contribution in [3.8, 4) is 22.3 Å². The lowest BCUT2D eigenvalue weighted by Gasteiger charge is -2.32. The third-order valence-corrected chi connectivity index (χ3v) is 11.0. The first-order valence-electron chi connectivity index (χ1n) is 15.5. The molecule has 8 aromatic rings. The fraction of sp³-hybridized carbons (Fsp3) is 0.0233. The number of benzene rings is 7. The van der Waals surface area contributed by atoms with Crippen LogP contribution in [0.2, 0.25) is 0 Å². The summed E-state index contributed by atoms with van der Waals surface area (Å²) in [6.45, 7) is 0. The highest BCUT2D eigenvalue weighted by Crippen LogP contribution is 2.64. The Morgan fingerprint density at radius 2 is 0.933 bits per heavy atom. The van der Waals surface area contributed by atoms with E-state index in [1.807, 2.05) is 11.3 Å². The average Bonchev–Trinajstić information content (AvgIpc) is 3.74. The van der Waals surface area contributed by atoms with Gasteiger partial charge < -0.3 is 4.90 Å². The van der Waals surface area contributed by atoms with Crippen molar-refractivity contribution >= 4 is 48.6 Å². The van der Waals surface area contributed by atoms with Gasteiger partial charge in [0.05, 0.1) is 16.8 Å². The van der Waals surface area contributed by atoms with E-state index in [1.54, 1.807) is 0 Å². The molecular weight excluding hydrogens is 563 g/mol. The molecule has 0 saturated heterocycles. The fourth-order valence-electron chi connectivity index (χ4n) is 8.24. The predicted octanol–water partition coefficient (Wildman–Crippen LogP) is 11.9.